The Hall–Kier alpha value is -1.89. The highest BCUT2D eigenvalue weighted by Crippen LogP contribution is 2.21. The first-order valence-corrected chi connectivity index (χ1v) is 7.62. The van der Waals surface area contributed by atoms with E-state index in [1.54, 1.807) is 15.8 Å². The van der Waals surface area contributed by atoms with E-state index in [0.717, 1.165) is 5.69 Å². The molecule has 1 fully saturated rings. The molecule has 0 aliphatic carbocycles. The molecule has 1 N–H and O–H groups in total. The lowest BCUT2D eigenvalue weighted by molar-refractivity contribution is -0.141. The number of ether oxygens (including phenoxy) is 1. The van der Waals surface area contributed by atoms with Gasteiger partial charge in [-0.2, -0.15) is 5.10 Å². The molecule has 1 aliphatic rings. The second-order valence-corrected chi connectivity index (χ2v) is 5.78. The Bertz CT molecular complexity index is 553. The molecule has 7 nitrogen and oxygen atoms in total. The molecule has 22 heavy (non-hydrogen) atoms. The number of amides is 1. The summed E-state index contributed by atoms with van der Waals surface area (Å²) in [5, 5.41) is 13.3. The Morgan fingerprint density at radius 1 is 1.50 bits per heavy atom. The fourth-order valence-electron chi connectivity index (χ4n) is 2.58. The van der Waals surface area contributed by atoms with Crippen LogP contribution in [0.3, 0.4) is 0 Å². The summed E-state index contributed by atoms with van der Waals surface area (Å²) in [5.41, 5.74) is 1.39. The van der Waals surface area contributed by atoms with E-state index in [1.807, 2.05) is 20.8 Å². The minimum atomic E-state index is -0.916. The van der Waals surface area contributed by atoms with Gasteiger partial charge in [-0.05, 0) is 12.8 Å². The molecule has 7 heteroatoms. The third-order valence-corrected chi connectivity index (χ3v) is 3.72. The van der Waals surface area contributed by atoms with E-state index >= 15 is 0 Å². The Balaban J connectivity index is 2.16. The SMILES string of the molecule is CCn1cc(C(=O)N2CCOC(CC(=O)O)C2)c(C(C)C)n1. The number of carbonyl (C=O) groups is 2. The van der Waals surface area contributed by atoms with Gasteiger partial charge >= 0.3 is 5.97 Å². The maximum Gasteiger partial charge on any atom is 0.306 e. The highest BCUT2D eigenvalue weighted by Gasteiger charge is 2.29. The zero-order chi connectivity index (χ0) is 16.3. The summed E-state index contributed by atoms with van der Waals surface area (Å²) in [6, 6.07) is 0. The molecule has 2 heterocycles. The third-order valence-electron chi connectivity index (χ3n) is 3.72. The van der Waals surface area contributed by atoms with Gasteiger partial charge in [0.05, 0.1) is 30.4 Å². The molecule has 1 aromatic heterocycles. The highest BCUT2D eigenvalue weighted by atomic mass is 16.5. The maximum atomic E-state index is 12.8. The van der Waals surface area contributed by atoms with Gasteiger partial charge < -0.3 is 14.7 Å². The first-order chi connectivity index (χ1) is 10.4. The third kappa shape index (κ3) is 3.65. The van der Waals surface area contributed by atoms with E-state index in [9.17, 15) is 9.59 Å². The number of carboxylic acids is 1. The van der Waals surface area contributed by atoms with Crippen molar-refractivity contribution in [1.82, 2.24) is 14.7 Å². The zero-order valence-electron chi connectivity index (χ0n) is 13.3. The maximum absolute atomic E-state index is 12.8. The van der Waals surface area contributed by atoms with Crippen LogP contribution in [0.5, 0.6) is 0 Å². The molecule has 2 rings (SSSR count). The Morgan fingerprint density at radius 3 is 2.82 bits per heavy atom. The number of carbonyl (C=O) groups excluding carboxylic acids is 1. The minimum Gasteiger partial charge on any atom is -0.481 e. The molecular weight excluding hydrogens is 286 g/mol. The number of nitrogens with zero attached hydrogens (tertiary/aromatic N) is 3. The van der Waals surface area contributed by atoms with Crippen molar-refractivity contribution in [2.45, 2.75) is 45.8 Å². The fourth-order valence-corrected chi connectivity index (χ4v) is 2.58. The number of aryl methyl sites for hydroxylation is 1. The molecule has 1 saturated heterocycles. The van der Waals surface area contributed by atoms with E-state index in [1.165, 1.54) is 0 Å². The lowest BCUT2D eigenvalue weighted by atomic mass is 10.0. The van der Waals surface area contributed by atoms with E-state index < -0.39 is 12.1 Å². The van der Waals surface area contributed by atoms with Gasteiger partial charge in [-0.25, -0.2) is 0 Å². The normalized spacial score (nSPS) is 18.7. The van der Waals surface area contributed by atoms with Crippen LogP contribution in [0.4, 0.5) is 0 Å². The molecule has 0 bridgehead atoms. The predicted octanol–water partition coefficient (Wildman–Crippen LogP) is 1.34. The molecular formula is C15H23N3O4. The fraction of sp³-hybridized carbons (Fsp3) is 0.667. The number of aromatic nitrogens is 2. The molecule has 0 aromatic carbocycles. The van der Waals surface area contributed by atoms with Gasteiger partial charge in [0.1, 0.15) is 0 Å². The van der Waals surface area contributed by atoms with Crippen LogP contribution in [0, 0.1) is 0 Å². The number of morpholine rings is 1. The topological polar surface area (TPSA) is 84.7 Å². The van der Waals surface area contributed by atoms with Gasteiger partial charge in [0.15, 0.2) is 0 Å². The quantitative estimate of drug-likeness (QED) is 0.887. The minimum absolute atomic E-state index is 0.0883. The molecule has 1 aliphatic heterocycles. The number of aliphatic carboxylic acids is 1. The predicted molar refractivity (Wildman–Crippen MR) is 79.9 cm³/mol. The van der Waals surface area contributed by atoms with Crippen LogP contribution in [0.25, 0.3) is 0 Å². The smallest absolute Gasteiger partial charge is 0.306 e. The van der Waals surface area contributed by atoms with Gasteiger partial charge in [-0.1, -0.05) is 13.8 Å². The summed E-state index contributed by atoms with van der Waals surface area (Å²) < 4.78 is 7.18. The second-order valence-electron chi connectivity index (χ2n) is 5.78. The molecule has 0 spiro atoms. The summed E-state index contributed by atoms with van der Waals surface area (Å²) in [5.74, 6) is -0.856. The average molecular weight is 309 g/mol. The van der Waals surface area contributed by atoms with Crippen LogP contribution < -0.4 is 0 Å². The van der Waals surface area contributed by atoms with Crippen molar-refractivity contribution in [2.24, 2.45) is 0 Å². The number of hydrogen-bond donors (Lipinski definition) is 1. The molecule has 1 atom stereocenters. The Labute approximate surface area is 129 Å². The summed E-state index contributed by atoms with van der Waals surface area (Å²) in [6.07, 6.45) is 1.24. The molecule has 0 saturated carbocycles. The van der Waals surface area contributed by atoms with E-state index in [2.05, 4.69) is 5.10 Å². The second kappa shape index (κ2) is 6.91. The van der Waals surface area contributed by atoms with Crippen molar-refractivity contribution in [1.29, 1.82) is 0 Å². The van der Waals surface area contributed by atoms with Gasteiger partial charge in [-0.3, -0.25) is 14.3 Å². The molecule has 122 valence electrons. The molecule has 1 amide bonds. The van der Waals surface area contributed by atoms with Crippen molar-refractivity contribution in [3.8, 4) is 0 Å². The van der Waals surface area contributed by atoms with Gasteiger partial charge in [0.25, 0.3) is 5.91 Å². The van der Waals surface area contributed by atoms with Gasteiger partial charge in [-0.15, -0.1) is 0 Å². The van der Waals surface area contributed by atoms with Crippen molar-refractivity contribution in [2.75, 3.05) is 19.7 Å². The Kier molecular flexibility index (Phi) is 5.18. The number of carboxylic acid groups (broad SMARTS) is 1. The lowest BCUT2D eigenvalue weighted by Gasteiger charge is -2.32. The summed E-state index contributed by atoms with van der Waals surface area (Å²) in [4.78, 5) is 25.2. The first-order valence-electron chi connectivity index (χ1n) is 7.62. The van der Waals surface area contributed by atoms with E-state index in [0.29, 0.717) is 31.8 Å². The largest absolute Gasteiger partial charge is 0.481 e. The van der Waals surface area contributed by atoms with Crippen LogP contribution in [0.2, 0.25) is 0 Å². The van der Waals surface area contributed by atoms with Crippen LogP contribution in [-0.4, -0.2) is 57.5 Å². The van der Waals surface area contributed by atoms with Crippen molar-refractivity contribution >= 4 is 11.9 Å². The van der Waals surface area contributed by atoms with Gasteiger partial charge in [0.2, 0.25) is 0 Å². The van der Waals surface area contributed by atoms with E-state index in [-0.39, 0.29) is 18.2 Å². The van der Waals surface area contributed by atoms with Crippen LogP contribution in [-0.2, 0) is 16.1 Å². The summed E-state index contributed by atoms with van der Waals surface area (Å²) in [7, 11) is 0. The summed E-state index contributed by atoms with van der Waals surface area (Å²) >= 11 is 0. The lowest BCUT2D eigenvalue weighted by Crippen LogP contribution is -2.46. The number of hydrogen-bond acceptors (Lipinski definition) is 4. The zero-order valence-corrected chi connectivity index (χ0v) is 13.3. The summed E-state index contributed by atoms with van der Waals surface area (Å²) in [6.45, 7) is 7.84. The monoisotopic (exact) mass is 309 g/mol. The molecule has 1 aromatic rings. The first kappa shape index (κ1) is 16.5. The average Bonchev–Trinajstić information content (AvgIpc) is 2.90. The van der Waals surface area contributed by atoms with Crippen molar-refractivity contribution in [3.05, 3.63) is 17.5 Å². The standard InChI is InChI=1S/C15H23N3O4/c1-4-18-9-12(14(16-18)10(2)3)15(21)17-5-6-22-11(8-17)7-13(19)20/h9-11H,4-8H2,1-3H3,(H,19,20). The van der Waals surface area contributed by atoms with Gasteiger partial charge in [0, 0.05) is 25.8 Å². The Morgan fingerprint density at radius 2 is 2.23 bits per heavy atom. The highest BCUT2D eigenvalue weighted by molar-refractivity contribution is 5.95. The van der Waals surface area contributed by atoms with Crippen molar-refractivity contribution in [3.63, 3.8) is 0 Å². The number of rotatable bonds is 5. The van der Waals surface area contributed by atoms with Crippen LogP contribution in [0.1, 0.15) is 49.2 Å². The molecule has 0 radical (unpaired) electrons. The molecule has 1 unspecified atom stereocenters. The van der Waals surface area contributed by atoms with Crippen molar-refractivity contribution < 1.29 is 19.4 Å². The van der Waals surface area contributed by atoms with E-state index in [4.69, 9.17) is 9.84 Å². The van der Waals surface area contributed by atoms with Crippen LogP contribution >= 0.6 is 0 Å². The van der Waals surface area contributed by atoms with Crippen LogP contribution in [0.15, 0.2) is 6.20 Å².